The SMILES string of the molecule is CCC(N)C(Sc1cnn(C)c1)c1ccc(C)o1. The predicted octanol–water partition coefficient (Wildman–Crippen LogP) is 2.89. The molecule has 0 aliphatic heterocycles. The van der Waals surface area contributed by atoms with Gasteiger partial charge in [0.15, 0.2) is 0 Å². The van der Waals surface area contributed by atoms with Gasteiger partial charge in [-0.25, -0.2) is 0 Å². The molecule has 2 aromatic heterocycles. The van der Waals surface area contributed by atoms with Gasteiger partial charge in [0.1, 0.15) is 11.5 Å². The summed E-state index contributed by atoms with van der Waals surface area (Å²) in [5.74, 6) is 1.86. The molecule has 0 fully saturated rings. The van der Waals surface area contributed by atoms with Gasteiger partial charge in [0.2, 0.25) is 0 Å². The maximum atomic E-state index is 6.21. The van der Waals surface area contributed by atoms with E-state index in [0.29, 0.717) is 0 Å². The van der Waals surface area contributed by atoms with Crippen LogP contribution in [0.15, 0.2) is 33.8 Å². The summed E-state index contributed by atoms with van der Waals surface area (Å²) in [6, 6.07) is 4.06. The monoisotopic (exact) mass is 265 g/mol. The Balaban J connectivity index is 2.20. The van der Waals surface area contributed by atoms with E-state index in [9.17, 15) is 0 Å². The fourth-order valence-electron chi connectivity index (χ4n) is 1.78. The molecule has 0 spiro atoms. The number of hydrogen-bond donors (Lipinski definition) is 1. The van der Waals surface area contributed by atoms with Crippen LogP contribution in [0.3, 0.4) is 0 Å². The van der Waals surface area contributed by atoms with Crippen molar-refractivity contribution in [2.24, 2.45) is 12.8 Å². The van der Waals surface area contributed by atoms with Crippen LogP contribution in [0.5, 0.6) is 0 Å². The third-order valence-corrected chi connectivity index (χ3v) is 4.16. The first-order valence-electron chi connectivity index (χ1n) is 6.07. The van der Waals surface area contributed by atoms with Crippen molar-refractivity contribution < 1.29 is 4.42 Å². The maximum absolute atomic E-state index is 6.21. The van der Waals surface area contributed by atoms with Gasteiger partial charge in [-0.15, -0.1) is 11.8 Å². The highest BCUT2D eigenvalue weighted by molar-refractivity contribution is 7.99. The Kier molecular flexibility index (Phi) is 4.14. The molecule has 2 unspecified atom stereocenters. The van der Waals surface area contributed by atoms with Crippen LogP contribution in [-0.4, -0.2) is 15.8 Å². The molecular formula is C13H19N3OS. The Bertz CT molecular complexity index is 506. The van der Waals surface area contributed by atoms with Crippen LogP contribution in [0.4, 0.5) is 0 Å². The van der Waals surface area contributed by atoms with Gasteiger partial charge in [0, 0.05) is 24.2 Å². The lowest BCUT2D eigenvalue weighted by molar-refractivity contribution is 0.454. The normalized spacial score (nSPS) is 14.7. The lowest BCUT2D eigenvalue weighted by atomic mass is 10.1. The minimum Gasteiger partial charge on any atom is -0.465 e. The van der Waals surface area contributed by atoms with Crippen molar-refractivity contribution in [3.63, 3.8) is 0 Å². The van der Waals surface area contributed by atoms with Crippen LogP contribution in [0.25, 0.3) is 0 Å². The van der Waals surface area contributed by atoms with Crippen LogP contribution >= 0.6 is 11.8 Å². The van der Waals surface area contributed by atoms with E-state index in [1.807, 2.05) is 38.5 Å². The fourth-order valence-corrected chi connectivity index (χ4v) is 3.01. The fraction of sp³-hybridized carbons (Fsp3) is 0.462. The molecule has 0 amide bonds. The first-order valence-corrected chi connectivity index (χ1v) is 6.95. The van der Waals surface area contributed by atoms with Crippen molar-refractivity contribution in [1.82, 2.24) is 9.78 Å². The molecule has 0 radical (unpaired) electrons. The van der Waals surface area contributed by atoms with Gasteiger partial charge < -0.3 is 10.2 Å². The molecule has 0 saturated heterocycles. The number of rotatable bonds is 5. The third-order valence-electron chi connectivity index (χ3n) is 2.85. The standard InChI is InChI=1S/C13H19N3OS/c1-4-11(14)13(12-6-5-9(2)17-12)18-10-7-15-16(3)8-10/h5-8,11,13H,4,14H2,1-3H3. The van der Waals surface area contributed by atoms with Gasteiger partial charge in [0.25, 0.3) is 0 Å². The molecule has 2 heterocycles. The van der Waals surface area contributed by atoms with Crippen LogP contribution in [0, 0.1) is 6.92 Å². The smallest absolute Gasteiger partial charge is 0.119 e. The van der Waals surface area contributed by atoms with Crippen LogP contribution in [0.1, 0.15) is 30.1 Å². The maximum Gasteiger partial charge on any atom is 0.119 e. The molecule has 0 bridgehead atoms. The van der Waals surface area contributed by atoms with Crippen molar-refractivity contribution in [3.05, 3.63) is 36.0 Å². The Labute approximate surface area is 112 Å². The topological polar surface area (TPSA) is 57.0 Å². The van der Waals surface area contributed by atoms with E-state index >= 15 is 0 Å². The molecule has 0 aliphatic carbocycles. The number of aromatic nitrogens is 2. The van der Waals surface area contributed by atoms with Gasteiger partial charge in [-0.2, -0.15) is 5.10 Å². The molecule has 5 heteroatoms. The van der Waals surface area contributed by atoms with E-state index in [-0.39, 0.29) is 11.3 Å². The van der Waals surface area contributed by atoms with Gasteiger partial charge >= 0.3 is 0 Å². The summed E-state index contributed by atoms with van der Waals surface area (Å²) in [5, 5.41) is 4.31. The molecule has 2 N–H and O–H groups in total. The van der Waals surface area contributed by atoms with E-state index in [1.54, 1.807) is 16.4 Å². The zero-order valence-electron chi connectivity index (χ0n) is 11.0. The first kappa shape index (κ1) is 13.2. The minimum absolute atomic E-state index is 0.0701. The molecule has 0 saturated carbocycles. The number of hydrogen-bond acceptors (Lipinski definition) is 4. The van der Waals surface area contributed by atoms with Crippen LogP contribution < -0.4 is 5.73 Å². The lowest BCUT2D eigenvalue weighted by Gasteiger charge is -2.19. The summed E-state index contributed by atoms with van der Waals surface area (Å²) < 4.78 is 7.52. The number of nitrogens with two attached hydrogens (primary N) is 1. The van der Waals surface area contributed by atoms with Crippen molar-refractivity contribution in [2.45, 2.75) is 36.5 Å². The quantitative estimate of drug-likeness (QED) is 0.845. The highest BCUT2D eigenvalue weighted by Gasteiger charge is 2.23. The molecular weight excluding hydrogens is 246 g/mol. The van der Waals surface area contributed by atoms with Crippen molar-refractivity contribution in [2.75, 3.05) is 0 Å². The van der Waals surface area contributed by atoms with Crippen molar-refractivity contribution in [1.29, 1.82) is 0 Å². The molecule has 2 atom stereocenters. The number of nitrogens with zero attached hydrogens (tertiary/aromatic N) is 2. The van der Waals surface area contributed by atoms with E-state index in [1.165, 1.54) is 0 Å². The van der Waals surface area contributed by atoms with Gasteiger partial charge in [0.05, 0.1) is 11.4 Å². The van der Waals surface area contributed by atoms with E-state index in [2.05, 4.69) is 12.0 Å². The first-order chi connectivity index (χ1) is 8.60. The van der Waals surface area contributed by atoms with E-state index in [0.717, 1.165) is 22.8 Å². The Morgan fingerprint density at radius 3 is 2.78 bits per heavy atom. The Morgan fingerprint density at radius 1 is 1.50 bits per heavy atom. The van der Waals surface area contributed by atoms with Crippen molar-refractivity contribution >= 4 is 11.8 Å². The zero-order valence-corrected chi connectivity index (χ0v) is 11.8. The second-order valence-corrected chi connectivity index (χ2v) is 5.62. The summed E-state index contributed by atoms with van der Waals surface area (Å²) >= 11 is 1.71. The zero-order chi connectivity index (χ0) is 13.1. The lowest BCUT2D eigenvalue weighted by Crippen LogP contribution is -2.25. The number of furan rings is 1. The van der Waals surface area contributed by atoms with Crippen LogP contribution in [0.2, 0.25) is 0 Å². The molecule has 98 valence electrons. The second kappa shape index (κ2) is 5.63. The molecule has 0 aliphatic rings. The number of aryl methyl sites for hydroxylation is 2. The summed E-state index contributed by atoms with van der Waals surface area (Å²) in [6.45, 7) is 4.05. The van der Waals surface area contributed by atoms with Crippen molar-refractivity contribution in [3.8, 4) is 0 Å². The Hall–Kier alpha value is -1.20. The average molecular weight is 265 g/mol. The third kappa shape index (κ3) is 2.97. The largest absolute Gasteiger partial charge is 0.465 e. The molecule has 4 nitrogen and oxygen atoms in total. The van der Waals surface area contributed by atoms with Gasteiger partial charge in [-0.3, -0.25) is 4.68 Å². The molecule has 18 heavy (non-hydrogen) atoms. The highest BCUT2D eigenvalue weighted by Crippen LogP contribution is 2.38. The predicted molar refractivity (Wildman–Crippen MR) is 73.5 cm³/mol. The highest BCUT2D eigenvalue weighted by atomic mass is 32.2. The number of thioether (sulfide) groups is 1. The second-order valence-electron chi connectivity index (χ2n) is 4.41. The van der Waals surface area contributed by atoms with Gasteiger partial charge in [-0.05, 0) is 25.5 Å². The van der Waals surface area contributed by atoms with E-state index in [4.69, 9.17) is 10.2 Å². The molecule has 0 aromatic carbocycles. The summed E-state index contributed by atoms with van der Waals surface area (Å²) in [7, 11) is 1.91. The minimum atomic E-state index is 0.0701. The van der Waals surface area contributed by atoms with Crippen LogP contribution in [-0.2, 0) is 7.05 Å². The summed E-state index contributed by atoms with van der Waals surface area (Å²) in [6.07, 6.45) is 4.77. The Morgan fingerprint density at radius 2 is 2.28 bits per heavy atom. The average Bonchev–Trinajstić information content (AvgIpc) is 2.94. The van der Waals surface area contributed by atoms with Gasteiger partial charge in [-0.1, -0.05) is 6.92 Å². The summed E-state index contributed by atoms with van der Waals surface area (Å²) in [4.78, 5) is 1.11. The summed E-state index contributed by atoms with van der Waals surface area (Å²) in [5.41, 5.74) is 6.21. The molecule has 2 aromatic rings. The van der Waals surface area contributed by atoms with E-state index < -0.39 is 0 Å². The molecule has 2 rings (SSSR count).